The van der Waals surface area contributed by atoms with Crippen molar-refractivity contribution in [2.75, 3.05) is 32.4 Å². The number of hydrogen-bond donors (Lipinski definition) is 2. The number of nitrogens with zero attached hydrogens (tertiary/aromatic N) is 2. The van der Waals surface area contributed by atoms with Crippen molar-refractivity contribution in [2.24, 2.45) is 0 Å². The van der Waals surface area contributed by atoms with E-state index in [1.807, 2.05) is 26.0 Å². The number of carbonyl (C=O) groups excluding carboxylic acids is 2. The first kappa shape index (κ1) is 22.6. The molecule has 0 unspecified atom stereocenters. The molecule has 0 fully saturated rings. The first-order valence-electron chi connectivity index (χ1n) is 7.39. The van der Waals surface area contributed by atoms with Crippen LogP contribution in [0.5, 0.6) is 0 Å². The summed E-state index contributed by atoms with van der Waals surface area (Å²) >= 11 is 0. The van der Waals surface area contributed by atoms with Gasteiger partial charge in [-0.3, -0.25) is 15.3 Å². The van der Waals surface area contributed by atoms with Gasteiger partial charge >= 0.3 is 12.2 Å². The zero-order valence-corrected chi connectivity index (χ0v) is 15.5. The topological polar surface area (TPSA) is 126 Å². The fraction of sp³-hybridized carbons (Fsp3) is 0.294. The zero-order valence-electron chi connectivity index (χ0n) is 15.5. The SMILES string of the molecule is COC(=O)Nc1cnccc1C.COC(=O)OC.Cc1ccncc1N. The average Bonchev–Trinajstić information content (AvgIpc) is 2.66. The van der Waals surface area contributed by atoms with Crippen LogP contribution in [0.4, 0.5) is 21.0 Å². The predicted octanol–water partition coefficient (Wildman–Crippen LogP) is 2.94. The highest BCUT2D eigenvalue weighted by molar-refractivity contribution is 5.85. The van der Waals surface area contributed by atoms with Crippen LogP contribution in [0.1, 0.15) is 11.1 Å². The van der Waals surface area contributed by atoms with Gasteiger partial charge in [0.15, 0.2) is 0 Å². The fourth-order valence-corrected chi connectivity index (χ4v) is 1.32. The van der Waals surface area contributed by atoms with E-state index in [4.69, 9.17) is 5.73 Å². The first-order chi connectivity index (χ1) is 12.3. The molecule has 0 saturated heterocycles. The fourth-order valence-electron chi connectivity index (χ4n) is 1.32. The third-order valence-corrected chi connectivity index (χ3v) is 2.87. The van der Waals surface area contributed by atoms with E-state index in [9.17, 15) is 9.59 Å². The Kier molecular flexibility index (Phi) is 11.3. The molecule has 0 aromatic carbocycles. The Bertz CT molecular complexity index is 667. The van der Waals surface area contributed by atoms with Crippen molar-refractivity contribution in [2.45, 2.75) is 13.8 Å². The summed E-state index contributed by atoms with van der Waals surface area (Å²) in [5.41, 5.74) is 8.92. The number of rotatable bonds is 1. The number of nitrogens with two attached hydrogens (primary N) is 1. The van der Waals surface area contributed by atoms with E-state index in [0.29, 0.717) is 5.69 Å². The van der Waals surface area contributed by atoms with E-state index < -0.39 is 12.2 Å². The molecule has 9 nitrogen and oxygen atoms in total. The third kappa shape index (κ3) is 9.71. The highest BCUT2D eigenvalue weighted by atomic mass is 16.7. The van der Waals surface area contributed by atoms with E-state index in [-0.39, 0.29) is 0 Å². The summed E-state index contributed by atoms with van der Waals surface area (Å²) < 4.78 is 12.5. The molecule has 3 N–H and O–H groups in total. The lowest BCUT2D eigenvalue weighted by Crippen LogP contribution is -2.11. The van der Waals surface area contributed by atoms with Crippen LogP contribution in [-0.4, -0.2) is 43.5 Å². The van der Waals surface area contributed by atoms with E-state index in [1.165, 1.54) is 21.3 Å². The number of methoxy groups -OCH3 is 3. The molecule has 2 aromatic rings. The molecular weight excluding hydrogens is 340 g/mol. The predicted molar refractivity (Wildman–Crippen MR) is 97.8 cm³/mol. The summed E-state index contributed by atoms with van der Waals surface area (Å²) in [5, 5.41) is 2.54. The summed E-state index contributed by atoms with van der Waals surface area (Å²) in [7, 11) is 3.83. The number of nitrogen functional groups attached to an aromatic ring is 1. The monoisotopic (exact) mass is 364 g/mol. The van der Waals surface area contributed by atoms with Gasteiger partial charge in [0.2, 0.25) is 0 Å². The molecular formula is C17H24N4O5. The number of nitrogens with one attached hydrogen (secondary N) is 1. The highest BCUT2D eigenvalue weighted by Crippen LogP contribution is 2.10. The van der Waals surface area contributed by atoms with E-state index in [1.54, 1.807) is 24.8 Å². The molecule has 0 saturated carbocycles. The maximum atomic E-state index is 10.8. The van der Waals surface area contributed by atoms with Crippen LogP contribution < -0.4 is 11.1 Å². The van der Waals surface area contributed by atoms with Crippen LogP contribution in [-0.2, 0) is 14.2 Å². The van der Waals surface area contributed by atoms with Crippen LogP contribution >= 0.6 is 0 Å². The van der Waals surface area contributed by atoms with Crippen molar-refractivity contribution in [3.05, 3.63) is 48.0 Å². The molecule has 2 aromatic heterocycles. The average molecular weight is 364 g/mol. The summed E-state index contributed by atoms with van der Waals surface area (Å²) in [6, 6.07) is 3.70. The van der Waals surface area contributed by atoms with E-state index >= 15 is 0 Å². The molecule has 2 heterocycles. The van der Waals surface area contributed by atoms with Crippen LogP contribution in [0.15, 0.2) is 36.9 Å². The molecule has 142 valence electrons. The summed E-state index contributed by atoms with van der Waals surface area (Å²) in [6.07, 6.45) is 5.48. The quantitative estimate of drug-likeness (QED) is 0.740. The summed E-state index contributed by atoms with van der Waals surface area (Å²) in [5.74, 6) is 0. The number of carbonyl (C=O) groups is 2. The molecule has 2 rings (SSSR count). The van der Waals surface area contributed by atoms with Crippen molar-refractivity contribution >= 4 is 23.6 Å². The summed E-state index contributed by atoms with van der Waals surface area (Å²) in [6.45, 7) is 3.84. The second-order valence-corrected chi connectivity index (χ2v) is 4.70. The van der Waals surface area contributed by atoms with E-state index in [2.05, 4.69) is 29.5 Å². The van der Waals surface area contributed by atoms with Gasteiger partial charge in [0.25, 0.3) is 0 Å². The Morgan fingerprint density at radius 2 is 1.46 bits per heavy atom. The minimum absolute atomic E-state index is 0.480. The Morgan fingerprint density at radius 1 is 0.923 bits per heavy atom. The van der Waals surface area contributed by atoms with Gasteiger partial charge in [-0.05, 0) is 37.1 Å². The summed E-state index contributed by atoms with van der Waals surface area (Å²) in [4.78, 5) is 28.2. The van der Waals surface area contributed by atoms with Gasteiger partial charge in [-0.15, -0.1) is 0 Å². The zero-order chi connectivity index (χ0) is 19.9. The molecule has 0 radical (unpaired) electrons. The lowest BCUT2D eigenvalue weighted by Gasteiger charge is -2.04. The minimum atomic E-state index is -0.657. The first-order valence-corrected chi connectivity index (χ1v) is 7.39. The Labute approximate surface area is 152 Å². The number of ether oxygens (including phenoxy) is 3. The molecule has 0 aliphatic carbocycles. The molecule has 0 atom stereocenters. The molecule has 26 heavy (non-hydrogen) atoms. The van der Waals surface area contributed by atoms with Crippen LogP contribution in [0, 0.1) is 13.8 Å². The standard InChI is InChI=1S/C8H10N2O2.C6H8N2.C3H6O3/c1-6-3-4-9-5-7(6)10-8(11)12-2;1-5-2-3-8-4-6(5)7;1-5-3(4)6-2/h3-5H,1-2H3,(H,10,11);2-4H,7H2,1H3;1-2H3. The van der Waals surface area contributed by atoms with Crippen LogP contribution in [0.2, 0.25) is 0 Å². The third-order valence-electron chi connectivity index (χ3n) is 2.87. The number of amides is 1. The maximum absolute atomic E-state index is 10.8. The number of anilines is 2. The molecule has 0 aliphatic rings. The second kappa shape index (κ2) is 13.0. The van der Waals surface area contributed by atoms with Crippen molar-refractivity contribution in [1.82, 2.24) is 9.97 Å². The Hall–Kier alpha value is -3.36. The number of hydrogen-bond acceptors (Lipinski definition) is 8. The lowest BCUT2D eigenvalue weighted by molar-refractivity contribution is 0.0924. The molecule has 1 amide bonds. The maximum Gasteiger partial charge on any atom is 0.507 e. The van der Waals surface area contributed by atoms with Gasteiger partial charge in [0, 0.05) is 18.6 Å². The smallest absolute Gasteiger partial charge is 0.453 e. The Morgan fingerprint density at radius 3 is 1.81 bits per heavy atom. The molecule has 0 bridgehead atoms. The van der Waals surface area contributed by atoms with Crippen molar-refractivity contribution < 1.29 is 23.8 Å². The number of aryl methyl sites for hydroxylation is 2. The molecule has 9 heteroatoms. The number of aromatic nitrogens is 2. The minimum Gasteiger partial charge on any atom is -0.453 e. The normalized spacial score (nSPS) is 8.65. The Balaban J connectivity index is 0.000000388. The van der Waals surface area contributed by atoms with Crippen LogP contribution in [0.25, 0.3) is 0 Å². The van der Waals surface area contributed by atoms with Gasteiger partial charge < -0.3 is 19.9 Å². The van der Waals surface area contributed by atoms with Gasteiger partial charge in [0.1, 0.15) is 0 Å². The molecule has 0 spiro atoms. The van der Waals surface area contributed by atoms with Gasteiger partial charge in [-0.2, -0.15) is 0 Å². The lowest BCUT2D eigenvalue weighted by atomic mass is 10.2. The van der Waals surface area contributed by atoms with Crippen molar-refractivity contribution in [1.29, 1.82) is 0 Å². The molecule has 0 aliphatic heterocycles. The second-order valence-electron chi connectivity index (χ2n) is 4.70. The van der Waals surface area contributed by atoms with Crippen molar-refractivity contribution in [3.8, 4) is 0 Å². The number of pyridine rings is 2. The largest absolute Gasteiger partial charge is 0.507 e. The van der Waals surface area contributed by atoms with Gasteiger partial charge in [0.05, 0.1) is 38.9 Å². The van der Waals surface area contributed by atoms with Crippen LogP contribution in [0.3, 0.4) is 0 Å². The van der Waals surface area contributed by atoms with Gasteiger partial charge in [-0.25, -0.2) is 9.59 Å². The highest BCUT2D eigenvalue weighted by Gasteiger charge is 2.01. The van der Waals surface area contributed by atoms with Crippen molar-refractivity contribution in [3.63, 3.8) is 0 Å². The van der Waals surface area contributed by atoms with E-state index in [0.717, 1.165) is 16.8 Å². The van der Waals surface area contributed by atoms with Gasteiger partial charge in [-0.1, -0.05) is 0 Å².